The molecule has 0 spiro atoms. The monoisotopic (exact) mass is 406 g/mol. The number of halogens is 1. The van der Waals surface area contributed by atoms with Gasteiger partial charge in [-0.05, 0) is 61.6 Å². The zero-order chi connectivity index (χ0) is 19.8. The number of benzene rings is 1. The van der Waals surface area contributed by atoms with Crippen LogP contribution in [0, 0.1) is 18.8 Å². The molecular weight excluding hydrogens is 384 g/mol. The number of carboxylic acids is 1. The summed E-state index contributed by atoms with van der Waals surface area (Å²) in [6.45, 7) is 2.34. The fourth-order valence-corrected chi connectivity index (χ4v) is 4.43. The van der Waals surface area contributed by atoms with Crippen molar-refractivity contribution >= 4 is 17.6 Å². The maximum Gasteiger partial charge on any atom is 0.371 e. The van der Waals surface area contributed by atoms with E-state index in [0.29, 0.717) is 23.8 Å². The SMILES string of the molecule is Cc1cc(OC[C@@H]2[C@H]3CC[C@H](c4ccc(C(=O)O)o4)O[C@H]3C[C@H]2O)ccc1Cl. The number of fused-ring (bicyclic) bond motifs is 1. The Morgan fingerprint density at radius 3 is 2.82 bits per heavy atom. The number of rotatable bonds is 5. The Hall–Kier alpha value is -2.02. The lowest BCUT2D eigenvalue weighted by molar-refractivity contribution is -0.0891. The first-order valence-electron chi connectivity index (χ1n) is 9.48. The van der Waals surface area contributed by atoms with E-state index >= 15 is 0 Å². The Morgan fingerprint density at radius 1 is 1.29 bits per heavy atom. The molecule has 0 radical (unpaired) electrons. The number of aliphatic hydroxyl groups is 1. The Kier molecular flexibility index (Phi) is 5.36. The summed E-state index contributed by atoms with van der Waals surface area (Å²) in [4.78, 5) is 11.0. The number of ether oxygens (including phenoxy) is 2. The van der Waals surface area contributed by atoms with Gasteiger partial charge in [-0.3, -0.25) is 0 Å². The molecule has 1 saturated heterocycles. The van der Waals surface area contributed by atoms with Crippen molar-refractivity contribution in [2.24, 2.45) is 11.8 Å². The smallest absolute Gasteiger partial charge is 0.371 e. The van der Waals surface area contributed by atoms with Gasteiger partial charge in [-0.15, -0.1) is 0 Å². The minimum atomic E-state index is -1.09. The molecule has 5 atom stereocenters. The predicted molar refractivity (Wildman–Crippen MR) is 102 cm³/mol. The van der Waals surface area contributed by atoms with Gasteiger partial charge in [0.15, 0.2) is 0 Å². The lowest BCUT2D eigenvalue weighted by Crippen LogP contribution is -2.33. The molecule has 2 fully saturated rings. The number of aliphatic hydroxyl groups excluding tert-OH is 1. The Bertz CT molecular complexity index is 862. The van der Waals surface area contributed by atoms with Crippen molar-refractivity contribution in [3.8, 4) is 5.75 Å². The minimum absolute atomic E-state index is 0.00637. The van der Waals surface area contributed by atoms with Gasteiger partial charge in [0.05, 0.1) is 18.8 Å². The Balaban J connectivity index is 1.39. The van der Waals surface area contributed by atoms with Crippen molar-refractivity contribution in [1.82, 2.24) is 0 Å². The van der Waals surface area contributed by atoms with Gasteiger partial charge in [0.25, 0.3) is 0 Å². The average molecular weight is 407 g/mol. The molecule has 6 nitrogen and oxygen atoms in total. The van der Waals surface area contributed by atoms with Crippen LogP contribution < -0.4 is 4.74 Å². The summed E-state index contributed by atoms with van der Waals surface area (Å²) in [7, 11) is 0. The number of carboxylic acid groups (broad SMARTS) is 1. The molecule has 150 valence electrons. The van der Waals surface area contributed by atoms with Crippen molar-refractivity contribution in [2.75, 3.05) is 6.61 Å². The van der Waals surface area contributed by atoms with Gasteiger partial charge in [0.1, 0.15) is 17.6 Å². The average Bonchev–Trinajstić information content (AvgIpc) is 3.27. The second-order valence-electron chi connectivity index (χ2n) is 7.60. The molecule has 0 amide bonds. The third kappa shape index (κ3) is 3.77. The molecule has 1 saturated carbocycles. The number of hydrogen-bond acceptors (Lipinski definition) is 5. The summed E-state index contributed by atoms with van der Waals surface area (Å²) in [6, 6.07) is 8.64. The molecule has 0 bridgehead atoms. The first-order chi connectivity index (χ1) is 13.4. The number of hydrogen-bond donors (Lipinski definition) is 2. The maximum absolute atomic E-state index is 11.0. The highest BCUT2D eigenvalue weighted by Crippen LogP contribution is 2.46. The summed E-state index contributed by atoms with van der Waals surface area (Å²) in [5.74, 6) is 0.287. The highest BCUT2D eigenvalue weighted by molar-refractivity contribution is 6.31. The fraction of sp³-hybridized carbons (Fsp3) is 0.476. The molecular formula is C21H23ClO6. The van der Waals surface area contributed by atoms with E-state index in [9.17, 15) is 9.90 Å². The topological polar surface area (TPSA) is 89.1 Å². The van der Waals surface area contributed by atoms with E-state index in [1.54, 1.807) is 6.07 Å². The molecule has 0 unspecified atom stereocenters. The van der Waals surface area contributed by atoms with E-state index in [1.165, 1.54) is 6.07 Å². The van der Waals surface area contributed by atoms with Crippen molar-refractivity contribution in [3.63, 3.8) is 0 Å². The van der Waals surface area contributed by atoms with Gasteiger partial charge in [-0.1, -0.05) is 11.6 Å². The lowest BCUT2D eigenvalue weighted by atomic mass is 9.86. The van der Waals surface area contributed by atoms with Crippen LogP contribution in [0.4, 0.5) is 0 Å². The number of furan rings is 1. The minimum Gasteiger partial charge on any atom is -0.493 e. The predicted octanol–water partition coefficient (Wildman–Crippen LogP) is 4.24. The largest absolute Gasteiger partial charge is 0.493 e. The second kappa shape index (κ2) is 7.78. The molecule has 2 aliphatic rings. The second-order valence-corrected chi connectivity index (χ2v) is 8.01. The molecule has 1 aromatic carbocycles. The van der Waals surface area contributed by atoms with Crippen LogP contribution in [0.5, 0.6) is 5.75 Å². The molecule has 2 aromatic rings. The zero-order valence-corrected chi connectivity index (χ0v) is 16.3. The maximum atomic E-state index is 11.0. The van der Waals surface area contributed by atoms with Crippen molar-refractivity contribution in [1.29, 1.82) is 0 Å². The summed E-state index contributed by atoms with van der Waals surface area (Å²) in [6.07, 6.45) is 1.27. The third-order valence-electron chi connectivity index (χ3n) is 5.82. The molecule has 1 aliphatic carbocycles. The normalized spacial score (nSPS) is 29.5. The van der Waals surface area contributed by atoms with Crippen LogP contribution in [0.25, 0.3) is 0 Å². The first-order valence-corrected chi connectivity index (χ1v) is 9.85. The van der Waals surface area contributed by atoms with Crippen LogP contribution in [0.1, 0.15) is 47.2 Å². The Morgan fingerprint density at radius 2 is 2.11 bits per heavy atom. The standard InChI is InChI=1S/C21H23ClO6/c1-11-8-12(2-4-15(11)22)26-10-14-13-3-5-17(28-20(13)9-16(14)23)18-6-7-19(27-18)21(24)25/h2,4,6-8,13-14,16-17,20,23H,3,5,9-10H2,1H3,(H,24,25)/t13-,14-,16-,17-,20+/m1/s1. The van der Waals surface area contributed by atoms with Gasteiger partial charge >= 0.3 is 5.97 Å². The highest BCUT2D eigenvalue weighted by atomic mass is 35.5. The summed E-state index contributed by atoms with van der Waals surface area (Å²) in [5, 5.41) is 20.3. The molecule has 2 heterocycles. The van der Waals surface area contributed by atoms with Gasteiger partial charge in [0.2, 0.25) is 5.76 Å². The van der Waals surface area contributed by atoms with E-state index in [4.69, 9.17) is 30.6 Å². The van der Waals surface area contributed by atoms with Crippen LogP contribution in [-0.4, -0.2) is 35.0 Å². The Labute approximate surface area is 168 Å². The summed E-state index contributed by atoms with van der Waals surface area (Å²) < 4.78 is 17.5. The quantitative estimate of drug-likeness (QED) is 0.772. The highest BCUT2D eigenvalue weighted by Gasteiger charge is 2.47. The van der Waals surface area contributed by atoms with E-state index < -0.39 is 12.1 Å². The molecule has 1 aromatic heterocycles. The fourth-order valence-electron chi connectivity index (χ4n) is 4.31. The van der Waals surface area contributed by atoms with Crippen LogP contribution in [0.2, 0.25) is 5.02 Å². The van der Waals surface area contributed by atoms with Crippen molar-refractivity contribution in [3.05, 3.63) is 52.4 Å². The van der Waals surface area contributed by atoms with E-state index in [2.05, 4.69) is 0 Å². The molecule has 1 aliphatic heterocycles. The third-order valence-corrected chi connectivity index (χ3v) is 6.25. The van der Waals surface area contributed by atoms with Crippen LogP contribution in [0.3, 0.4) is 0 Å². The van der Waals surface area contributed by atoms with Crippen molar-refractivity contribution < 1.29 is 28.9 Å². The lowest BCUT2D eigenvalue weighted by Gasteiger charge is -2.33. The summed E-state index contributed by atoms with van der Waals surface area (Å²) >= 11 is 6.05. The van der Waals surface area contributed by atoms with E-state index in [0.717, 1.165) is 24.2 Å². The number of aromatic carboxylic acids is 1. The zero-order valence-electron chi connectivity index (χ0n) is 15.5. The van der Waals surface area contributed by atoms with E-state index in [1.807, 2.05) is 25.1 Å². The number of carbonyl (C=O) groups is 1. The van der Waals surface area contributed by atoms with Crippen LogP contribution >= 0.6 is 11.6 Å². The van der Waals surface area contributed by atoms with Gasteiger partial charge in [-0.25, -0.2) is 4.79 Å². The molecule has 4 rings (SSSR count). The van der Waals surface area contributed by atoms with Gasteiger partial charge < -0.3 is 24.1 Å². The molecule has 2 N–H and O–H groups in total. The van der Waals surface area contributed by atoms with Gasteiger partial charge in [-0.2, -0.15) is 0 Å². The first kappa shape index (κ1) is 19.3. The summed E-state index contributed by atoms with van der Waals surface area (Å²) in [5.41, 5.74) is 0.951. The van der Waals surface area contributed by atoms with Gasteiger partial charge in [0, 0.05) is 17.4 Å². The molecule has 7 heteroatoms. The van der Waals surface area contributed by atoms with Crippen molar-refractivity contribution in [2.45, 2.75) is 44.5 Å². The van der Waals surface area contributed by atoms with Crippen LogP contribution in [0.15, 0.2) is 34.7 Å². The number of aryl methyl sites for hydroxylation is 1. The molecule has 28 heavy (non-hydrogen) atoms. The van der Waals surface area contributed by atoms with E-state index in [-0.39, 0.29) is 29.8 Å². The van der Waals surface area contributed by atoms with Crippen LogP contribution in [-0.2, 0) is 4.74 Å².